The van der Waals surface area contributed by atoms with Crippen LogP contribution in [0.4, 0.5) is 5.69 Å². The zero-order valence-electron chi connectivity index (χ0n) is 12.1. The lowest BCUT2D eigenvalue weighted by Crippen LogP contribution is -2.03. The van der Waals surface area contributed by atoms with Crippen LogP contribution in [0.15, 0.2) is 42.5 Å². The summed E-state index contributed by atoms with van der Waals surface area (Å²) < 4.78 is 2.26. The first-order valence-electron chi connectivity index (χ1n) is 6.91. The van der Waals surface area contributed by atoms with Gasteiger partial charge in [0.2, 0.25) is 0 Å². The Bertz CT molecular complexity index is 769. The molecule has 3 heteroatoms. The molecule has 2 N–H and O–H groups in total. The minimum absolute atomic E-state index is 0.347. The number of fused-ring (bicyclic) bond motifs is 1. The van der Waals surface area contributed by atoms with E-state index in [1.165, 1.54) is 0 Å². The van der Waals surface area contributed by atoms with Gasteiger partial charge < -0.3 is 10.3 Å². The fraction of sp³-hybridized carbons (Fsp3) is 0.235. The van der Waals surface area contributed by atoms with E-state index in [1.807, 2.05) is 19.1 Å². The highest BCUT2D eigenvalue weighted by Crippen LogP contribution is 2.29. The topological polar surface area (TPSA) is 43.8 Å². The minimum Gasteiger partial charge on any atom is -0.398 e. The van der Waals surface area contributed by atoms with E-state index in [4.69, 9.17) is 10.7 Å². The van der Waals surface area contributed by atoms with Gasteiger partial charge in [-0.2, -0.15) is 0 Å². The molecule has 0 radical (unpaired) electrons. The number of imidazole rings is 1. The van der Waals surface area contributed by atoms with Gasteiger partial charge >= 0.3 is 0 Å². The van der Waals surface area contributed by atoms with Gasteiger partial charge in [0.05, 0.1) is 11.0 Å². The van der Waals surface area contributed by atoms with Crippen molar-refractivity contribution in [1.82, 2.24) is 9.55 Å². The lowest BCUT2D eigenvalue weighted by Gasteiger charge is -2.13. The molecule has 0 fully saturated rings. The molecule has 20 heavy (non-hydrogen) atoms. The maximum absolute atomic E-state index is 6.04. The summed E-state index contributed by atoms with van der Waals surface area (Å²) >= 11 is 0. The fourth-order valence-corrected chi connectivity index (χ4v) is 2.55. The summed E-state index contributed by atoms with van der Waals surface area (Å²) in [5, 5.41) is 0. The third-order valence-electron chi connectivity index (χ3n) is 3.65. The summed E-state index contributed by atoms with van der Waals surface area (Å²) in [5.41, 5.74) is 11.2. The predicted molar refractivity (Wildman–Crippen MR) is 84.7 cm³/mol. The molecular weight excluding hydrogens is 246 g/mol. The Hall–Kier alpha value is -2.29. The highest BCUT2D eigenvalue weighted by Gasteiger charge is 2.14. The zero-order chi connectivity index (χ0) is 14.3. The molecule has 1 aromatic heterocycles. The molecule has 1 heterocycles. The third kappa shape index (κ3) is 1.95. The molecule has 3 aromatic rings. The van der Waals surface area contributed by atoms with Crippen molar-refractivity contribution in [3.05, 3.63) is 48.0 Å². The molecule has 0 aliphatic rings. The van der Waals surface area contributed by atoms with Crippen molar-refractivity contribution in [2.45, 2.75) is 26.8 Å². The number of anilines is 1. The van der Waals surface area contributed by atoms with Crippen LogP contribution in [0.25, 0.3) is 22.4 Å². The Morgan fingerprint density at radius 1 is 1.10 bits per heavy atom. The van der Waals surface area contributed by atoms with E-state index in [1.54, 1.807) is 0 Å². The van der Waals surface area contributed by atoms with Crippen molar-refractivity contribution >= 4 is 16.7 Å². The summed E-state index contributed by atoms with van der Waals surface area (Å²) in [6.45, 7) is 6.37. The monoisotopic (exact) mass is 265 g/mol. The van der Waals surface area contributed by atoms with E-state index in [9.17, 15) is 0 Å². The maximum atomic E-state index is 6.04. The van der Waals surface area contributed by atoms with E-state index in [0.29, 0.717) is 6.04 Å². The molecule has 0 saturated carbocycles. The lowest BCUT2D eigenvalue weighted by molar-refractivity contribution is 0.624. The average molecular weight is 265 g/mol. The molecule has 0 aliphatic carbocycles. The Balaban J connectivity index is 2.29. The van der Waals surface area contributed by atoms with E-state index >= 15 is 0 Å². The SMILES string of the molecule is Cc1ccc(-c2nc3ccccc3n2C(C)C)cc1N. The first kappa shape index (κ1) is 12.7. The summed E-state index contributed by atoms with van der Waals surface area (Å²) in [5.74, 6) is 0.980. The Morgan fingerprint density at radius 3 is 2.55 bits per heavy atom. The normalized spacial score (nSPS) is 11.4. The van der Waals surface area contributed by atoms with Crippen molar-refractivity contribution in [2.24, 2.45) is 0 Å². The highest BCUT2D eigenvalue weighted by molar-refractivity contribution is 5.81. The summed E-state index contributed by atoms with van der Waals surface area (Å²) in [7, 11) is 0. The van der Waals surface area contributed by atoms with Gasteiger partial charge in [0.25, 0.3) is 0 Å². The van der Waals surface area contributed by atoms with Crippen LogP contribution in [0.2, 0.25) is 0 Å². The Labute approximate surface area is 119 Å². The predicted octanol–water partition coefficient (Wildman–Crippen LogP) is 4.17. The number of nitrogen functional groups attached to an aromatic ring is 1. The molecule has 0 unspecified atom stereocenters. The van der Waals surface area contributed by atoms with Gasteiger partial charge in [0.15, 0.2) is 0 Å². The molecular formula is C17H19N3. The largest absolute Gasteiger partial charge is 0.398 e. The van der Waals surface area contributed by atoms with Crippen LogP contribution in [0, 0.1) is 6.92 Å². The van der Waals surface area contributed by atoms with Crippen LogP contribution in [-0.4, -0.2) is 9.55 Å². The molecule has 0 spiro atoms. The second-order valence-corrected chi connectivity index (χ2v) is 5.46. The highest BCUT2D eigenvalue weighted by atomic mass is 15.1. The molecule has 0 saturated heterocycles. The minimum atomic E-state index is 0.347. The fourth-order valence-electron chi connectivity index (χ4n) is 2.55. The number of nitrogens with zero attached hydrogens (tertiary/aromatic N) is 2. The lowest BCUT2D eigenvalue weighted by atomic mass is 10.1. The van der Waals surface area contributed by atoms with Gasteiger partial charge in [0, 0.05) is 17.3 Å². The molecule has 2 aromatic carbocycles. The molecule has 0 amide bonds. The summed E-state index contributed by atoms with van der Waals surface area (Å²) in [6, 6.07) is 14.7. The van der Waals surface area contributed by atoms with Gasteiger partial charge in [-0.15, -0.1) is 0 Å². The third-order valence-corrected chi connectivity index (χ3v) is 3.65. The van der Waals surface area contributed by atoms with E-state index in [0.717, 1.165) is 33.7 Å². The van der Waals surface area contributed by atoms with Crippen LogP contribution in [0.3, 0.4) is 0 Å². The van der Waals surface area contributed by atoms with Crippen LogP contribution in [-0.2, 0) is 0 Å². The van der Waals surface area contributed by atoms with Crippen molar-refractivity contribution in [1.29, 1.82) is 0 Å². The quantitative estimate of drug-likeness (QED) is 0.706. The number of para-hydroxylation sites is 2. The van der Waals surface area contributed by atoms with Gasteiger partial charge in [0.1, 0.15) is 5.82 Å². The van der Waals surface area contributed by atoms with Crippen LogP contribution < -0.4 is 5.73 Å². The zero-order valence-corrected chi connectivity index (χ0v) is 12.1. The van der Waals surface area contributed by atoms with Crippen LogP contribution in [0.1, 0.15) is 25.5 Å². The molecule has 102 valence electrons. The first-order valence-corrected chi connectivity index (χ1v) is 6.91. The van der Waals surface area contributed by atoms with Gasteiger partial charge in [-0.1, -0.05) is 24.3 Å². The van der Waals surface area contributed by atoms with E-state index in [2.05, 4.69) is 48.7 Å². The average Bonchev–Trinajstić information content (AvgIpc) is 2.81. The van der Waals surface area contributed by atoms with Crippen molar-refractivity contribution in [2.75, 3.05) is 5.73 Å². The van der Waals surface area contributed by atoms with Crippen molar-refractivity contribution < 1.29 is 0 Å². The van der Waals surface area contributed by atoms with Crippen molar-refractivity contribution in [3.8, 4) is 11.4 Å². The second kappa shape index (κ2) is 4.67. The molecule has 0 aliphatic heterocycles. The standard InChI is InChI=1S/C17H19N3/c1-11(2)20-16-7-5-4-6-15(16)19-17(20)13-9-8-12(3)14(18)10-13/h4-11H,18H2,1-3H3. The van der Waals surface area contributed by atoms with Crippen LogP contribution in [0.5, 0.6) is 0 Å². The Morgan fingerprint density at radius 2 is 1.85 bits per heavy atom. The number of rotatable bonds is 2. The van der Waals surface area contributed by atoms with E-state index in [-0.39, 0.29) is 0 Å². The number of aryl methyl sites for hydroxylation is 1. The maximum Gasteiger partial charge on any atom is 0.141 e. The van der Waals surface area contributed by atoms with Crippen molar-refractivity contribution in [3.63, 3.8) is 0 Å². The number of benzene rings is 2. The second-order valence-electron chi connectivity index (χ2n) is 5.46. The summed E-state index contributed by atoms with van der Waals surface area (Å²) in [4.78, 5) is 4.78. The van der Waals surface area contributed by atoms with E-state index < -0.39 is 0 Å². The molecule has 0 bridgehead atoms. The van der Waals surface area contributed by atoms with Gasteiger partial charge in [-0.3, -0.25) is 0 Å². The smallest absolute Gasteiger partial charge is 0.141 e. The molecule has 0 atom stereocenters. The first-order chi connectivity index (χ1) is 9.58. The Kier molecular flexibility index (Phi) is 2.97. The number of hydrogen-bond donors (Lipinski definition) is 1. The van der Waals surface area contributed by atoms with Gasteiger partial charge in [-0.05, 0) is 44.5 Å². The van der Waals surface area contributed by atoms with Gasteiger partial charge in [-0.25, -0.2) is 4.98 Å². The summed E-state index contributed by atoms with van der Waals surface area (Å²) in [6.07, 6.45) is 0. The molecule has 3 nitrogen and oxygen atoms in total. The molecule has 3 rings (SSSR count). The number of hydrogen-bond acceptors (Lipinski definition) is 2. The van der Waals surface area contributed by atoms with Crippen LogP contribution >= 0.6 is 0 Å². The number of nitrogens with two attached hydrogens (primary N) is 1. The number of aromatic nitrogens is 2.